The number of rotatable bonds is 1. The van der Waals surface area contributed by atoms with Gasteiger partial charge in [0.25, 0.3) is 0 Å². The number of fused-ring (bicyclic) bond motifs is 1. The molecule has 0 spiro atoms. The molecule has 0 saturated carbocycles. The summed E-state index contributed by atoms with van der Waals surface area (Å²) in [4.78, 5) is 0.837. The van der Waals surface area contributed by atoms with Crippen LogP contribution in [-0.4, -0.2) is 20.7 Å². The van der Waals surface area contributed by atoms with Crippen molar-refractivity contribution in [1.82, 2.24) is 10.2 Å². The lowest BCUT2D eigenvalue weighted by Crippen LogP contribution is -1.85. The van der Waals surface area contributed by atoms with E-state index >= 15 is 0 Å². The molecule has 0 fully saturated rings. The Labute approximate surface area is 72.2 Å². The zero-order valence-electron chi connectivity index (χ0n) is 6.57. The Bertz CT molecular complexity index is 435. The minimum absolute atomic E-state index is 0.837. The summed E-state index contributed by atoms with van der Waals surface area (Å²) in [5.41, 5.74) is 0.976. The number of H-pyrrole nitrogens is 1. The molecule has 4 heteroatoms. The van der Waals surface area contributed by atoms with Crippen LogP contribution in [0.2, 0.25) is 0 Å². The summed E-state index contributed by atoms with van der Waals surface area (Å²) in [7, 11) is -0.911. The quantitative estimate of drug-likeness (QED) is 0.719. The van der Waals surface area contributed by atoms with Gasteiger partial charge in [0, 0.05) is 27.3 Å². The van der Waals surface area contributed by atoms with Crippen LogP contribution in [0, 0.1) is 0 Å². The Kier molecular flexibility index (Phi) is 1.69. The van der Waals surface area contributed by atoms with Crippen molar-refractivity contribution in [3.63, 3.8) is 0 Å². The Hall–Kier alpha value is -1.16. The summed E-state index contributed by atoms with van der Waals surface area (Å²) < 4.78 is 11.1. The van der Waals surface area contributed by atoms with Gasteiger partial charge in [0.1, 0.15) is 0 Å². The van der Waals surface area contributed by atoms with Crippen molar-refractivity contribution >= 4 is 21.7 Å². The molecule has 12 heavy (non-hydrogen) atoms. The number of hydrogen-bond acceptors (Lipinski definition) is 2. The molecule has 0 saturated heterocycles. The lowest BCUT2D eigenvalue weighted by Gasteiger charge is -1.94. The van der Waals surface area contributed by atoms with Gasteiger partial charge in [-0.2, -0.15) is 5.10 Å². The van der Waals surface area contributed by atoms with Crippen LogP contribution in [0.1, 0.15) is 0 Å². The summed E-state index contributed by atoms with van der Waals surface area (Å²) in [5.74, 6) is 0. The van der Waals surface area contributed by atoms with E-state index in [-0.39, 0.29) is 0 Å². The minimum atomic E-state index is -0.911. The number of nitrogens with one attached hydrogen (secondary N) is 1. The first kappa shape index (κ1) is 7.49. The highest BCUT2D eigenvalue weighted by atomic mass is 32.2. The average Bonchev–Trinajstić information content (AvgIpc) is 2.49. The lowest BCUT2D eigenvalue weighted by molar-refractivity contribution is 0.687. The third kappa shape index (κ3) is 1.14. The van der Waals surface area contributed by atoms with Gasteiger partial charge in [-0.05, 0) is 18.2 Å². The highest BCUT2D eigenvalue weighted by Crippen LogP contribution is 2.14. The Morgan fingerprint density at radius 2 is 2.33 bits per heavy atom. The van der Waals surface area contributed by atoms with Gasteiger partial charge in [-0.1, -0.05) is 0 Å². The van der Waals surface area contributed by atoms with Gasteiger partial charge in [0.15, 0.2) is 0 Å². The van der Waals surface area contributed by atoms with Crippen LogP contribution in [0.5, 0.6) is 0 Å². The zero-order valence-corrected chi connectivity index (χ0v) is 7.39. The first-order chi connectivity index (χ1) is 5.77. The number of nitrogens with zero attached hydrogens (tertiary/aromatic N) is 1. The van der Waals surface area contributed by atoms with Crippen molar-refractivity contribution in [2.24, 2.45) is 0 Å². The molecule has 2 aromatic rings. The molecule has 1 aromatic carbocycles. The number of aromatic amines is 1. The highest BCUT2D eigenvalue weighted by molar-refractivity contribution is 7.84. The Balaban J connectivity index is 2.68. The van der Waals surface area contributed by atoms with Crippen molar-refractivity contribution in [2.75, 3.05) is 6.26 Å². The van der Waals surface area contributed by atoms with E-state index in [9.17, 15) is 4.21 Å². The first-order valence-electron chi connectivity index (χ1n) is 3.54. The van der Waals surface area contributed by atoms with Gasteiger partial charge in [-0.25, -0.2) is 0 Å². The molecule has 1 unspecified atom stereocenters. The van der Waals surface area contributed by atoms with Crippen LogP contribution in [0.25, 0.3) is 10.9 Å². The van der Waals surface area contributed by atoms with E-state index in [0.29, 0.717) is 0 Å². The Morgan fingerprint density at radius 1 is 1.50 bits per heavy atom. The van der Waals surface area contributed by atoms with Gasteiger partial charge >= 0.3 is 0 Å². The van der Waals surface area contributed by atoms with Crippen LogP contribution in [-0.2, 0) is 10.8 Å². The summed E-state index contributed by atoms with van der Waals surface area (Å²) in [6, 6.07) is 5.62. The maximum atomic E-state index is 11.1. The lowest BCUT2D eigenvalue weighted by atomic mass is 10.3. The smallest absolute Gasteiger partial charge is 0.0651 e. The van der Waals surface area contributed by atoms with Crippen LogP contribution in [0.4, 0.5) is 0 Å². The van der Waals surface area contributed by atoms with E-state index in [4.69, 9.17) is 0 Å². The summed E-state index contributed by atoms with van der Waals surface area (Å²) >= 11 is 0. The standard InChI is InChI=1S/C8H8N2OS/c1-12(11)7-2-3-8-6(4-7)5-9-10-8/h2-5H,1H3,(H,9,10). The maximum Gasteiger partial charge on any atom is 0.0651 e. The van der Waals surface area contributed by atoms with Crippen molar-refractivity contribution in [2.45, 2.75) is 4.90 Å². The third-order valence-corrected chi connectivity index (χ3v) is 2.66. The van der Waals surface area contributed by atoms with Crippen molar-refractivity contribution in [1.29, 1.82) is 0 Å². The summed E-state index contributed by atoms with van der Waals surface area (Å²) in [5, 5.41) is 7.72. The maximum absolute atomic E-state index is 11.1. The monoisotopic (exact) mass is 180 g/mol. The zero-order chi connectivity index (χ0) is 8.55. The molecule has 1 atom stereocenters. The second-order valence-corrected chi connectivity index (χ2v) is 3.95. The molecular weight excluding hydrogens is 172 g/mol. The molecule has 1 N–H and O–H groups in total. The fraction of sp³-hybridized carbons (Fsp3) is 0.125. The molecule has 1 aromatic heterocycles. The SMILES string of the molecule is CS(=O)c1ccc2[nH]ncc2c1. The predicted octanol–water partition coefficient (Wildman–Crippen LogP) is 1.30. The Morgan fingerprint density at radius 3 is 3.08 bits per heavy atom. The minimum Gasteiger partial charge on any atom is -0.278 e. The van der Waals surface area contributed by atoms with E-state index < -0.39 is 10.8 Å². The molecule has 1 heterocycles. The second-order valence-electron chi connectivity index (χ2n) is 2.57. The van der Waals surface area contributed by atoms with Gasteiger partial charge in [0.2, 0.25) is 0 Å². The molecule has 2 rings (SSSR count). The fourth-order valence-corrected chi connectivity index (χ4v) is 1.65. The molecule has 0 bridgehead atoms. The fourth-order valence-electron chi connectivity index (χ4n) is 1.10. The van der Waals surface area contributed by atoms with Crippen molar-refractivity contribution in [3.8, 4) is 0 Å². The summed E-state index contributed by atoms with van der Waals surface area (Å²) in [6.45, 7) is 0. The highest BCUT2D eigenvalue weighted by Gasteiger charge is 1.99. The van der Waals surface area contributed by atoms with Gasteiger partial charge < -0.3 is 0 Å². The van der Waals surface area contributed by atoms with Crippen LogP contribution in [0.15, 0.2) is 29.3 Å². The molecule has 0 radical (unpaired) electrons. The number of aromatic nitrogens is 2. The number of hydrogen-bond donors (Lipinski definition) is 1. The van der Waals surface area contributed by atoms with E-state index in [1.807, 2.05) is 18.2 Å². The third-order valence-electron chi connectivity index (χ3n) is 1.74. The van der Waals surface area contributed by atoms with Gasteiger partial charge in [-0.15, -0.1) is 0 Å². The van der Waals surface area contributed by atoms with E-state index in [0.717, 1.165) is 15.8 Å². The number of benzene rings is 1. The average molecular weight is 180 g/mol. The molecule has 0 aliphatic rings. The largest absolute Gasteiger partial charge is 0.278 e. The normalized spacial score (nSPS) is 13.4. The molecule has 3 nitrogen and oxygen atoms in total. The molecule has 62 valence electrons. The topological polar surface area (TPSA) is 45.8 Å². The van der Waals surface area contributed by atoms with E-state index in [1.54, 1.807) is 12.5 Å². The predicted molar refractivity (Wildman–Crippen MR) is 48.4 cm³/mol. The first-order valence-corrected chi connectivity index (χ1v) is 5.10. The van der Waals surface area contributed by atoms with Gasteiger partial charge in [0.05, 0.1) is 11.7 Å². The second kappa shape index (κ2) is 2.71. The summed E-state index contributed by atoms with van der Waals surface area (Å²) in [6.07, 6.45) is 3.40. The van der Waals surface area contributed by atoms with E-state index in [1.165, 1.54) is 0 Å². The van der Waals surface area contributed by atoms with Crippen molar-refractivity contribution < 1.29 is 4.21 Å². The van der Waals surface area contributed by atoms with Gasteiger partial charge in [-0.3, -0.25) is 9.31 Å². The van der Waals surface area contributed by atoms with Crippen molar-refractivity contribution in [3.05, 3.63) is 24.4 Å². The molecular formula is C8H8N2OS. The molecule has 0 aliphatic carbocycles. The van der Waals surface area contributed by atoms with Crippen LogP contribution >= 0.6 is 0 Å². The molecule has 0 aliphatic heterocycles. The van der Waals surface area contributed by atoms with Crippen LogP contribution < -0.4 is 0 Å². The van der Waals surface area contributed by atoms with E-state index in [2.05, 4.69) is 10.2 Å². The molecule has 0 amide bonds. The van der Waals surface area contributed by atoms with Crippen LogP contribution in [0.3, 0.4) is 0 Å².